The molecule has 1 N–H and O–H groups in total. The Bertz CT molecular complexity index is 619. The number of amides is 2. The van der Waals surface area contributed by atoms with Crippen molar-refractivity contribution in [1.29, 1.82) is 0 Å². The molecule has 2 amide bonds. The molecule has 0 spiro atoms. The van der Waals surface area contributed by atoms with E-state index in [1.54, 1.807) is 11.0 Å². The Morgan fingerprint density at radius 3 is 2.73 bits per heavy atom. The number of hydrogen-bond donors (Lipinski definition) is 1. The largest absolute Gasteiger partial charge is 0.480 e. The fourth-order valence-electron chi connectivity index (χ4n) is 2.41. The zero-order valence-corrected chi connectivity index (χ0v) is 13.9. The summed E-state index contributed by atoms with van der Waals surface area (Å²) >= 11 is 3.35. The normalized spacial score (nSPS) is 19.1. The molecule has 1 aliphatic heterocycles. The van der Waals surface area contributed by atoms with E-state index in [1.165, 1.54) is 14.0 Å². The van der Waals surface area contributed by atoms with Gasteiger partial charge in [0.2, 0.25) is 11.8 Å². The van der Waals surface area contributed by atoms with Crippen molar-refractivity contribution in [3.05, 3.63) is 28.7 Å². The second-order valence-electron chi connectivity index (χ2n) is 5.27. The summed E-state index contributed by atoms with van der Waals surface area (Å²) in [6, 6.07) is 6.34. The van der Waals surface area contributed by atoms with Crippen LogP contribution in [0.15, 0.2) is 28.7 Å². The van der Waals surface area contributed by atoms with Crippen LogP contribution in [0.4, 0.5) is 5.69 Å². The fourth-order valence-corrected chi connectivity index (χ4v) is 2.80. The molecule has 0 saturated carbocycles. The van der Waals surface area contributed by atoms with Gasteiger partial charge in [0.25, 0.3) is 0 Å². The summed E-state index contributed by atoms with van der Waals surface area (Å²) in [5.74, 6) is -2.64. The van der Waals surface area contributed by atoms with Crippen molar-refractivity contribution in [2.24, 2.45) is 5.92 Å². The standard InChI is InChI=1S/C15H17BrN2O4/c1-9(15(21)22)17(2)13(19)12-6-7-18(14(12)20)11-5-3-4-10(16)8-11/h3-5,8-9,12H,6-7H2,1-2H3,(H,21,22). The molecule has 2 atom stereocenters. The molecule has 118 valence electrons. The average molecular weight is 369 g/mol. The highest BCUT2D eigenvalue weighted by Crippen LogP contribution is 2.28. The SMILES string of the molecule is CC(C(=O)O)N(C)C(=O)C1CCN(c2cccc(Br)c2)C1=O. The number of anilines is 1. The first kappa shape index (κ1) is 16.5. The minimum atomic E-state index is -1.09. The van der Waals surface area contributed by atoms with Crippen LogP contribution in [0, 0.1) is 5.92 Å². The van der Waals surface area contributed by atoms with Gasteiger partial charge in [-0.2, -0.15) is 0 Å². The van der Waals surface area contributed by atoms with Crippen molar-refractivity contribution in [1.82, 2.24) is 4.90 Å². The summed E-state index contributed by atoms with van der Waals surface area (Å²) in [5.41, 5.74) is 0.726. The van der Waals surface area contributed by atoms with Crippen LogP contribution in [0.3, 0.4) is 0 Å². The van der Waals surface area contributed by atoms with E-state index in [-0.39, 0.29) is 5.91 Å². The van der Waals surface area contributed by atoms with Crippen molar-refractivity contribution >= 4 is 39.4 Å². The summed E-state index contributed by atoms with van der Waals surface area (Å²) in [7, 11) is 1.41. The minimum Gasteiger partial charge on any atom is -0.480 e. The predicted molar refractivity (Wildman–Crippen MR) is 84.5 cm³/mol. The molecular weight excluding hydrogens is 352 g/mol. The van der Waals surface area contributed by atoms with E-state index in [0.29, 0.717) is 13.0 Å². The van der Waals surface area contributed by atoms with E-state index >= 15 is 0 Å². The molecule has 1 aromatic rings. The van der Waals surface area contributed by atoms with Gasteiger partial charge in [-0.25, -0.2) is 4.79 Å². The molecule has 7 heteroatoms. The van der Waals surface area contributed by atoms with Crippen molar-refractivity contribution in [3.8, 4) is 0 Å². The zero-order chi connectivity index (χ0) is 16.4. The van der Waals surface area contributed by atoms with Gasteiger partial charge in [-0.15, -0.1) is 0 Å². The molecular formula is C15H17BrN2O4. The monoisotopic (exact) mass is 368 g/mol. The molecule has 1 fully saturated rings. The molecule has 1 saturated heterocycles. The van der Waals surface area contributed by atoms with E-state index < -0.39 is 23.8 Å². The number of hydrogen-bond acceptors (Lipinski definition) is 3. The lowest BCUT2D eigenvalue weighted by Gasteiger charge is -2.24. The lowest BCUT2D eigenvalue weighted by molar-refractivity contribution is -0.151. The molecule has 1 aromatic carbocycles. The number of rotatable bonds is 4. The van der Waals surface area contributed by atoms with Crippen molar-refractivity contribution in [2.45, 2.75) is 19.4 Å². The highest BCUT2D eigenvalue weighted by atomic mass is 79.9. The number of halogens is 1. The number of nitrogens with zero attached hydrogens (tertiary/aromatic N) is 2. The summed E-state index contributed by atoms with van der Waals surface area (Å²) in [6.07, 6.45) is 0.390. The van der Waals surface area contributed by atoms with Gasteiger partial charge in [-0.3, -0.25) is 9.59 Å². The van der Waals surface area contributed by atoms with E-state index in [1.807, 2.05) is 18.2 Å². The molecule has 6 nitrogen and oxygen atoms in total. The quantitative estimate of drug-likeness (QED) is 0.821. The molecule has 0 aliphatic carbocycles. The first-order chi connectivity index (χ1) is 10.3. The van der Waals surface area contributed by atoms with Crippen LogP contribution in [0.5, 0.6) is 0 Å². The molecule has 2 unspecified atom stereocenters. The Kier molecular flexibility index (Phi) is 4.85. The molecule has 0 bridgehead atoms. The predicted octanol–water partition coefficient (Wildman–Crippen LogP) is 1.73. The number of carbonyl (C=O) groups is 3. The lowest BCUT2D eigenvalue weighted by atomic mass is 10.1. The van der Waals surface area contributed by atoms with Gasteiger partial charge in [-0.1, -0.05) is 22.0 Å². The molecule has 1 heterocycles. The Morgan fingerprint density at radius 2 is 2.14 bits per heavy atom. The number of carbonyl (C=O) groups excluding carboxylic acids is 2. The fraction of sp³-hybridized carbons (Fsp3) is 0.400. The Hall–Kier alpha value is -1.89. The van der Waals surface area contributed by atoms with Crippen LogP contribution in [-0.4, -0.2) is 47.4 Å². The number of carboxylic acid groups (broad SMARTS) is 1. The third-order valence-corrected chi connectivity index (χ3v) is 4.40. The number of benzene rings is 1. The van der Waals surface area contributed by atoms with Crippen LogP contribution in [0.25, 0.3) is 0 Å². The Balaban J connectivity index is 2.14. The molecule has 1 aliphatic rings. The summed E-state index contributed by atoms with van der Waals surface area (Å²) in [6.45, 7) is 1.87. The van der Waals surface area contributed by atoms with Crippen molar-refractivity contribution in [2.75, 3.05) is 18.5 Å². The maximum absolute atomic E-state index is 12.5. The van der Waals surface area contributed by atoms with E-state index in [2.05, 4.69) is 15.9 Å². The smallest absolute Gasteiger partial charge is 0.326 e. The highest BCUT2D eigenvalue weighted by Gasteiger charge is 2.40. The van der Waals surface area contributed by atoms with Crippen LogP contribution >= 0.6 is 15.9 Å². The zero-order valence-electron chi connectivity index (χ0n) is 12.3. The molecule has 2 rings (SSSR count). The number of carboxylic acids is 1. The minimum absolute atomic E-state index is 0.285. The van der Waals surface area contributed by atoms with Gasteiger partial charge in [0.15, 0.2) is 0 Å². The summed E-state index contributed by atoms with van der Waals surface area (Å²) in [4.78, 5) is 38.5. The average Bonchev–Trinajstić information content (AvgIpc) is 2.86. The summed E-state index contributed by atoms with van der Waals surface area (Å²) < 4.78 is 0.851. The van der Waals surface area contributed by atoms with Gasteiger partial charge >= 0.3 is 5.97 Å². The van der Waals surface area contributed by atoms with Crippen molar-refractivity contribution in [3.63, 3.8) is 0 Å². The third-order valence-electron chi connectivity index (χ3n) is 3.91. The second kappa shape index (κ2) is 6.48. The molecule has 0 radical (unpaired) electrons. The summed E-state index contributed by atoms with van der Waals surface area (Å²) in [5, 5.41) is 8.98. The van der Waals surface area contributed by atoms with E-state index in [0.717, 1.165) is 15.1 Å². The lowest BCUT2D eigenvalue weighted by Crippen LogP contribution is -2.45. The molecule has 0 aromatic heterocycles. The van der Waals surface area contributed by atoms with Gasteiger partial charge in [0.05, 0.1) is 0 Å². The number of likely N-dealkylation sites (N-methyl/N-ethyl adjacent to an activating group) is 1. The van der Waals surface area contributed by atoms with Crippen LogP contribution < -0.4 is 4.90 Å². The van der Waals surface area contributed by atoms with Crippen LogP contribution in [-0.2, 0) is 14.4 Å². The van der Waals surface area contributed by atoms with Crippen molar-refractivity contribution < 1.29 is 19.5 Å². The molecule has 22 heavy (non-hydrogen) atoms. The van der Waals surface area contributed by atoms with Gasteiger partial charge in [-0.05, 0) is 31.5 Å². The Morgan fingerprint density at radius 1 is 1.45 bits per heavy atom. The first-order valence-corrected chi connectivity index (χ1v) is 7.68. The first-order valence-electron chi connectivity index (χ1n) is 6.89. The maximum Gasteiger partial charge on any atom is 0.326 e. The van der Waals surface area contributed by atoms with Crippen LogP contribution in [0.1, 0.15) is 13.3 Å². The van der Waals surface area contributed by atoms with Gasteiger partial charge < -0.3 is 14.9 Å². The van der Waals surface area contributed by atoms with E-state index in [4.69, 9.17) is 5.11 Å². The second-order valence-corrected chi connectivity index (χ2v) is 6.19. The Labute approximate surface area is 136 Å². The van der Waals surface area contributed by atoms with E-state index in [9.17, 15) is 14.4 Å². The topological polar surface area (TPSA) is 77.9 Å². The highest BCUT2D eigenvalue weighted by molar-refractivity contribution is 9.10. The number of aliphatic carboxylic acids is 1. The third kappa shape index (κ3) is 3.14. The van der Waals surface area contributed by atoms with Gasteiger partial charge in [0.1, 0.15) is 12.0 Å². The van der Waals surface area contributed by atoms with Crippen LogP contribution in [0.2, 0.25) is 0 Å². The maximum atomic E-state index is 12.5. The van der Waals surface area contributed by atoms with Gasteiger partial charge in [0, 0.05) is 23.8 Å².